The average molecular weight is 502 g/mol. The van der Waals surface area contributed by atoms with Gasteiger partial charge in [0.15, 0.2) is 5.78 Å². The number of hydrogen-bond acceptors (Lipinski definition) is 6. The van der Waals surface area contributed by atoms with Crippen molar-refractivity contribution in [1.82, 2.24) is 9.80 Å². The molecule has 1 aliphatic carbocycles. The first-order valence-electron chi connectivity index (χ1n) is 13.3. The molecule has 8 heteroatoms. The fourth-order valence-corrected chi connectivity index (χ4v) is 6.45. The largest absolute Gasteiger partial charge is 0.423 e. The molecule has 2 aromatic carbocycles. The van der Waals surface area contributed by atoms with Crippen molar-refractivity contribution in [2.24, 2.45) is 5.92 Å². The quantitative estimate of drug-likeness (QED) is 0.359. The molecule has 37 heavy (non-hydrogen) atoms. The lowest BCUT2D eigenvalue weighted by molar-refractivity contribution is -0.132. The second-order valence-corrected chi connectivity index (χ2v) is 10.7. The zero-order chi connectivity index (χ0) is 25.5. The number of Topliss-reactive ketones (excluding diaryl/α,β-unsaturated/α-hetero) is 1. The lowest BCUT2D eigenvalue weighted by Gasteiger charge is -2.35. The second-order valence-electron chi connectivity index (χ2n) is 10.7. The molecule has 6 rings (SSSR count). The molecule has 4 aliphatic rings. The molecule has 3 fully saturated rings. The molecule has 3 heterocycles. The number of urea groups is 1. The first-order valence-corrected chi connectivity index (χ1v) is 13.3. The minimum absolute atomic E-state index is 0.0188. The van der Waals surface area contributed by atoms with Crippen LogP contribution in [0.2, 0.25) is 0 Å². The zero-order valence-corrected chi connectivity index (χ0v) is 20.7. The van der Waals surface area contributed by atoms with Crippen molar-refractivity contribution in [2.75, 3.05) is 18.4 Å². The lowest BCUT2D eigenvalue weighted by Crippen LogP contribution is -2.49. The Morgan fingerprint density at radius 2 is 1.78 bits per heavy atom. The Morgan fingerprint density at radius 1 is 1.00 bits per heavy atom. The molecule has 2 aromatic rings. The number of piperidine rings is 1. The van der Waals surface area contributed by atoms with Crippen LogP contribution in [0, 0.1) is 5.92 Å². The van der Waals surface area contributed by atoms with Crippen LogP contribution in [0.3, 0.4) is 0 Å². The van der Waals surface area contributed by atoms with Crippen LogP contribution < -0.4 is 10.1 Å². The number of hydrogen-bond donors (Lipinski definition) is 1. The third kappa shape index (κ3) is 4.49. The van der Waals surface area contributed by atoms with Gasteiger partial charge in [-0.05, 0) is 36.1 Å². The summed E-state index contributed by atoms with van der Waals surface area (Å²) in [5, 5.41) is 3.47. The molecule has 192 valence electrons. The highest BCUT2D eigenvalue weighted by molar-refractivity contribution is 6.07. The summed E-state index contributed by atoms with van der Waals surface area (Å²) >= 11 is 0. The van der Waals surface area contributed by atoms with E-state index in [-0.39, 0.29) is 36.2 Å². The molecule has 1 N–H and O–H groups in total. The number of carbonyl (C=O) groups is 4. The molecular formula is C29H31N3O5. The fourth-order valence-electron chi connectivity index (χ4n) is 6.45. The summed E-state index contributed by atoms with van der Waals surface area (Å²) in [7, 11) is 0. The van der Waals surface area contributed by atoms with E-state index in [1.54, 1.807) is 41.3 Å². The predicted molar refractivity (Wildman–Crippen MR) is 136 cm³/mol. The van der Waals surface area contributed by atoms with Crippen molar-refractivity contribution in [3.8, 4) is 5.75 Å². The fraction of sp³-hybridized carbons (Fsp3) is 0.448. The number of nitrogens with zero attached hydrogens (tertiary/aromatic N) is 2. The molecule has 3 aliphatic heterocycles. The number of ketones is 1. The SMILES string of the molecule is O=C(CC1CCCCC1)CN1C(=O)C2CC3c4ccc(OC(=O)c5ccccc5)cc4NC3CN2C1=O. The van der Waals surface area contributed by atoms with Crippen molar-refractivity contribution in [1.29, 1.82) is 0 Å². The number of amides is 3. The average Bonchev–Trinajstić information content (AvgIpc) is 3.38. The summed E-state index contributed by atoms with van der Waals surface area (Å²) in [6, 6.07) is 13.4. The maximum absolute atomic E-state index is 13.2. The van der Waals surface area contributed by atoms with Gasteiger partial charge in [0.25, 0.3) is 5.91 Å². The monoisotopic (exact) mass is 501 g/mol. The van der Waals surface area contributed by atoms with Gasteiger partial charge < -0.3 is 15.0 Å². The topological polar surface area (TPSA) is 96.0 Å². The molecular weight excluding hydrogens is 470 g/mol. The highest BCUT2D eigenvalue weighted by atomic mass is 16.5. The summed E-state index contributed by atoms with van der Waals surface area (Å²) < 4.78 is 5.56. The summed E-state index contributed by atoms with van der Waals surface area (Å²) in [4.78, 5) is 54.3. The summed E-state index contributed by atoms with van der Waals surface area (Å²) in [5.41, 5.74) is 2.38. The molecule has 2 saturated heterocycles. The molecule has 0 aromatic heterocycles. The van der Waals surface area contributed by atoms with E-state index in [0.29, 0.717) is 36.6 Å². The van der Waals surface area contributed by atoms with E-state index >= 15 is 0 Å². The van der Waals surface area contributed by atoms with Gasteiger partial charge in [-0.2, -0.15) is 0 Å². The van der Waals surface area contributed by atoms with Crippen LogP contribution in [0.15, 0.2) is 48.5 Å². The minimum Gasteiger partial charge on any atom is -0.423 e. The van der Waals surface area contributed by atoms with Gasteiger partial charge >= 0.3 is 12.0 Å². The second kappa shape index (κ2) is 9.65. The summed E-state index contributed by atoms with van der Waals surface area (Å²) in [6.07, 6.45) is 6.62. The number of benzene rings is 2. The van der Waals surface area contributed by atoms with E-state index in [1.807, 2.05) is 12.1 Å². The molecule has 1 saturated carbocycles. The number of ether oxygens (including phenoxy) is 1. The van der Waals surface area contributed by atoms with Crippen molar-refractivity contribution < 1.29 is 23.9 Å². The van der Waals surface area contributed by atoms with Crippen molar-refractivity contribution in [2.45, 2.75) is 62.9 Å². The van der Waals surface area contributed by atoms with Crippen LogP contribution in [0.25, 0.3) is 0 Å². The molecule has 3 atom stereocenters. The zero-order valence-electron chi connectivity index (χ0n) is 20.7. The minimum atomic E-state index is -0.542. The number of rotatable bonds is 6. The molecule has 0 bridgehead atoms. The Balaban J connectivity index is 1.12. The standard InChI is InChI=1S/C29H31N3O5/c33-20(13-18-7-3-1-4-8-18)16-32-27(34)26-15-23-22-12-11-21(37-28(35)19-9-5-2-6-10-19)14-24(22)30-25(23)17-31(26)29(32)36/h2,5-6,9-12,14,18,23,25-26,30H,1,3-4,7-8,13,15-17H2. The lowest BCUT2D eigenvalue weighted by atomic mass is 9.84. The predicted octanol–water partition coefficient (Wildman–Crippen LogP) is 4.36. The van der Waals surface area contributed by atoms with E-state index in [1.165, 1.54) is 11.3 Å². The van der Waals surface area contributed by atoms with Gasteiger partial charge in [0.05, 0.1) is 18.2 Å². The van der Waals surface area contributed by atoms with Gasteiger partial charge in [-0.25, -0.2) is 9.59 Å². The van der Waals surface area contributed by atoms with Crippen molar-refractivity contribution in [3.05, 3.63) is 59.7 Å². The number of anilines is 1. The van der Waals surface area contributed by atoms with E-state index < -0.39 is 12.0 Å². The number of carbonyl (C=O) groups excluding carboxylic acids is 4. The third-order valence-electron chi connectivity index (χ3n) is 8.32. The van der Waals surface area contributed by atoms with Crippen LogP contribution in [-0.4, -0.2) is 58.7 Å². The van der Waals surface area contributed by atoms with E-state index in [9.17, 15) is 19.2 Å². The first-order chi connectivity index (χ1) is 18.0. The van der Waals surface area contributed by atoms with Gasteiger partial charge in [0, 0.05) is 30.6 Å². The Morgan fingerprint density at radius 3 is 2.57 bits per heavy atom. The van der Waals surface area contributed by atoms with Crippen LogP contribution in [0.4, 0.5) is 10.5 Å². The maximum Gasteiger partial charge on any atom is 0.343 e. The van der Waals surface area contributed by atoms with Gasteiger partial charge in [0.2, 0.25) is 0 Å². The van der Waals surface area contributed by atoms with Crippen molar-refractivity contribution >= 4 is 29.4 Å². The first kappa shape index (κ1) is 23.7. The Hall–Kier alpha value is -3.68. The highest BCUT2D eigenvalue weighted by Crippen LogP contribution is 2.45. The number of fused-ring (bicyclic) bond motifs is 4. The molecule has 3 amide bonds. The van der Waals surface area contributed by atoms with E-state index in [0.717, 1.165) is 36.9 Å². The Labute approximate surface area is 215 Å². The van der Waals surface area contributed by atoms with Gasteiger partial charge in [0.1, 0.15) is 11.8 Å². The normalized spacial score (nSPS) is 24.8. The van der Waals surface area contributed by atoms with Crippen molar-refractivity contribution in [3.63, 3.8) is 0 Å². The van der Waals surface area contributed by atoms with Gasteiger partial charge in [-0.3, -0.25) is 14.5 Å². The van der Waals surface area contributed by atoms with Crippen LogP contribution in [0.1, 0.15) is 66.8 Å². The van der Waals surface area contributed by atoms with E-state index in [4.69, 9.17) is 4.74 Å². The smallest absolute Gasteiger partial charge is 0.343 e. The van der Waals surface area contributed by atoms with Crippen LogP contribution in [0.5, 0.6) is 5.75 Å². The van der Waals surface area contributed by atoms with Crippen LogP contribution in [-0.2, 0) is 9.59 Å². The Bertz CT molecular complexity index is 1240. The highest BCUT2D eigenvalue weighted by Gasteiger charge is 2.52. The van der Waals surface area contributed by atoms with Crippen LogP contribution >= 0.6 is 0 Å². The van der Waals surface area contributed by atoms with Gasteiger partial charge in [-0.1, -0.05) is 56.4 Å². The molecule has 3 unspecified atom stereocenters. The number of esters is 1. The van der Waals surface area contributed by atoms with Gasteiger partial charge in [-0.15, -0.1) is 0 Å². The number of imide groups is 1. The molecule has 8 nitrogen and oxygen atoms in total. The Kier molecular flexibility index (Phi) is 6.18. The summed E-state index contributed by atoms with van der Waals surface area (Å²) in [5.74, 6) is 0.176. The van der Waals surface area contributed by atoms with E-state index in [2.05, 4.69) is 5.32 Å². The maximum atomic E-state index is 13.2. The molecule has 0 spiro atoms. The number of nitrogens with one attached hydrogen (secondary N) is 1. The summed E-state index contributed by atoms with van der Waals surface area (Å²) in [6.45, 7) is 0.275. The third-order valence-corrected chi connectivity index (χ3v) is 8.32. The molecule has 0 radical (unpaired) electrons.